The number of hydrogen-bond acceptors (Lipinski definition) is 8. The van der Waals surface area contributed by atoms with Gasteiger partial charge in [0, 0.05) is 5.38 Å². The fourth-order valence-electron chi connectivity index (χ4n) is 2.49. The van der Waals surface area contributed by atoms with Crippen molar-refractivity contribution in [2.75, 3.05) is 12.3 Å². The number of anilines is 1. The Bertz CT molecular complexity index is 966. The van der Waals surface area contributed by atoms with E-state index in [1.165, 1.54) is 5.38 Å². The summed E-state index contributed by atoms with van der Waals surface area (Å²) in [5, 5.41) is 14.4. The molecule has 0 unspecified atom stereocenters. The number of nitrogens with two attached hydrogens (primary N) is 1. The molecule has 3 N–H and O–H groups in total. The van der Waals surface area contributed by atoms with Crippen molar-refractivity contribution in [2.24, 2.45) is 5.16 Å². The number of hydrogen-bond donors (Lipinski definition) is 2. The lowest BCUT2D eigenvalue weighted by molar-refractivity contribution is -0.153. The molecule has 1 heterocycles. The van der Waals surface area contributed by atoms with E-state index in [1.807, 2.05) is 60.7 Å². The minimum atomic E-state index is -1.35. The molecule has 0 radical (unpaired) electrons. The van der Waals surface area contributed by atoms with Crippen LogP contribution in [0.15, 0.2) is 71.2 Å². The lowest BCUT2D eigenvalue weighted by Gasteiger charge is -2.18. The summed E-state index contributed by atoms with van der Waals surface area (Å²) < 4.78 is 5.56. The molecular formula is C20H17N3O5S. The molecule has 0 saturated carbocycles. The van der Waals surface area contributed by atoms with E-state index in [-0.39, 0.29) is 10.8 Å². The van der Waals surface area contributed by atoms with Crippen LogP contribution in [0.25, 0.3) is 0 Å². The summed E-state index contributed by atoms with van der Waals surface area (Å²) >= 11 is 1.07. The van der Waals surface area contributed by atoms with Crippen LogP contribution in [-0.2, 0) is 19.2 Å². The number of carbonyl (C=O) groups excluding carboxylic acids is 1. The number of esters is 1. The molecule has 0 aliphatic rings. The number of rotatable bonds is 8. The van der Waals surface area contributed by atoms with Crippen molar-refractivity contribution in [3.05, 3.63) is 82.9 Å². The second kappa shape index (κ2) is 9.47. The highest BCUT2D eigenvalue weighted by Crippen LogP contribution is 2.25. The third-order valence-electron chi connectivity index (χ3n) is 3.76. The fraction of sp³-hybridized carbons (Fsp3) is 0.100. The van der Waals surface area contributed by atoms with Crippen LogP contribution in [0.3, 0.4) is 0 Å². The highest BCUT2D eigenvalue weighted by molar-refractivity contribution is 7.13. The van der Waals surface area contributed by atoms with Gasteiger partial charge in [0.15, 0.2) is 11.2 Å². The van der Waals surface area contributed by atoms with E-state index in [4.69, 9.17) is 15.3 Å². The summed E-state index contributed by atoms with van der Waals surface area (Å²) in [5.74, 6) is -2.05. The molecule has 0 spiro atoms. The largest absolute Gasteiger partial charge is 0.476 e. The molecular weight excluding hydrogens is 394 g/mol. The van der Waals surface area contributed by atoms with Gasteiger partial charge >= 0.3 is 11.9 Å². The molecule has 8 nitrogen and oxygen atoms in total. The molecule has 148 valence electrons. The number of carbonyl (C=O) groups is 2. The average Bonchev–Trinajstić information content (AvgIpc) is 3.16. The van der Waals surface area contributed by atoms with Gasteiger partial charge in [-0.3, -0.25) is 0 Å². The highest BCUT2D eigenvalue weighted by Gasteiger charge is 2.20. The zero-order valence-corrected chi connectivity index (χ0v) is 15.9. The SMILES string of the molecule is Nc1nc(C(=NOCC(=O)OC(c2ccccc2)c2ccccc2)C(=O)O)cs1. The van der Waals surface area contributed by atoms with Crippen molar-refractivity contribution in [2.45, 2.75) is 6.10 Å². The van der Waals surface area contributed by atoms with E-state index in [0.717, 1.165) is 22.5 Å². The van der Waals surface area contributed by atoms with E-state index in [1.54, 1.807) is 0 Å². The summed E-state index contributed by atoms with van der Waals surface area (Å²) in [4.78, 5) is 32.4. The van der Waals surface area contributed by atoms with Crippen LogP contribution in [0.4, 0.5) is 5.13 Å². The molecule has 0 aliphatic heterocycles. The van der Waals surface area contributed by atoms with Gasteiger partial charge in [-0.1, -0.05) is 65.8 Å². The van der Waals surface area contributed by atoms with Crippen LogP contribution in [0, 0.1) is 0 Å². The zero-order chi connectivity index (χ0) is 20.6. The number of carboxylic acid groups (broad SMARTS) is 1. The maximum absolute atomic E-state index is 12.3. The Morgan fingerprint density at radius 2 is 1.66 bits per heavy atom. The number of carboxylic acids is 1. The molecule has 29 heavy (non-hydrogen) atoms. The molecule has 0 saturated heterocycles. The zero-order valence-electron chi connectivity index (χ0n) is 15.1. The van der Waals surface area contributed by atoms with Crippen molar-refractivity contribution in [1.82, 2.24) is 4.98 Å². The Morgan fingerprint density at radius 1 is 1.07 bits per heavy atom. The van der Waals surface area contributed by atoms with Crippen LogP contribution in [0.1, 0.15) is 22.9 Å². The first-order valence-corrected chi connectivity index (χ1v) is 9.36. The predicted octanol–water partition coefficient (Wildman–Crippen LogP) is 2.86. The number of aromatic nitrogens is 1. The molecule has 0 bridgehead atoms. The number of benzene rings is 2. The third-order valence-corrected chi connectivity index (χ3v) is 4.43. The smallest absolute Gasteiger partial charge is 0.360 e. The van der Waals surface area contributed by atoms with E-state index in [9.17, 15) is 14.7 Å². The number of thiazole rings is 1. The molecule has 3 rings (SSSR count). The van der Waals surface area contributed by atoms with Crippen molar-refractivity contribution in [1.29, 1.82) is 0 Å². The summed E-state index contributed by atoms with van der Waals surface area (Å²) in [6.45, 7) is -0.563. The Morgan fingerprint density at radius 3 is 2.14 bits per heavy atom. The molecule has 0 atom stereocenters. The Labute approximate surface area is 170 Å². The molecule has 0 aliphatic carbocycles. The van der Waals surface area contributed by atoms with Crippen molar-refractivity contribution in [3.63, 3.8) is 0 Å². The normalized spacial score (nSPS) is 11.3. The first-order chi connectivity index (χ1) is 14.0. The monoisotopic (exact) mass is 411 g/mol. The van der Waals surface area contributed by atoms with Gasteiger partial charge in [0.2, 0.25) is 12.3 Å². The van der Waals surface area contributed by atoms with Crippen LogP contribution in [0.5, 0.6) is 0 Å². The minimum absolute atomic E-state index is 0.0554. The lowest BCUT2D eigenvalue weighted by atomic mass is 10.0. The Kier molecular flexibility index (Phi) is 6.54. The number of nitrogen functional groups attached to an aromatic ring is 1. The first kappa shape index (κ1) is 20.0. The average molecular weight is 411 g/mol. The molecule has 2 aromatic carbocycles. The maximum Gasteiger partial charge on any atom is 0.360 e. The number of ether oxygens (including phenoxy) is 1. The molecule has 9 heteroatoms. The predicted molar refractivity (Wildman–Crippen MR) is 107 cm³/mol. The molecule has 0 fully saturated rings. The number of nitrogens with zero attached hydrogens (tertiary/aromatic N) is 2. The lowest BCUT2D eigenvalue weighted by Crippen LogP contribution is -2.19. The Hall–Kier alpha value is -3.72. The van der Waals surface area contributed by atoms with Gasteiger partial charge < -0.3 is 20.4 Å². The van der Waals surface area contributed by atoms with Crippen LogP contribution in [-0.4, -0.2) is 34.3 Å². The van der Waals surface area contributed by atoms with Crippen molar-refractivity contribution < 1.29 is 24.3 Å². The van der Waals surface area contributed by atoms with Crippen LogP contribution >= 0.6 is 11.3 Å². The van der Waals surface area contributed by atoms with Gasteiger partial charge in [0.1, 0.15) is 5.69 Å². The topological polar surface area (TPSA) is 124 Å². The van der Waals surface area contributed by atoms with Crippen LogP contribution in [0.2, 0.25) is 0 Å². The van der Waals surface area contributed by atoms with E-state index < -0.39 is 30.4 Å². The summed E-state index contributed by atoms with van der Waals surface area (Å²) in [7, 11) is 0. The summed E-state index contributed by atoms with van der Waals surface area (Å²) in [5.41, 5.74) is 6.69. The van der Waals surface area contributed by atoms with Gasteiger partial charge in [-0.15, -0.1) is 11.3 Å². The van der Waals surface area contributed by atoms with E-state index in [0.29, 0.717) is 0 Å². The second-order valence-electron chi connectivity index (χ2n) is 5.78. The van der Waals surface area contributed by atoms with Gasteiger partial charge in [-0.2, -0.15) is 0 Å². The summed E-state index contributed by atoms with van der Waals surface area (Å²) in [6, 6.07) is 18.5. The quantitative estimate of drug-likeness (QED) is 0.332. The van der Waals surface area contributed by atoms with E-state index in [2.05, 4.69) is 10.1 Å². The third kappa shape index (κ3) is 5.39. The van der Waals surface area contributed by atoms with Gasteiger partial charge in [-0.05, 0) is 11.1 Å². The van der Waals surface area contributed by atoms with Gasteiger partial charge in [0.05, 0.1) is 0 Å². The Balaban J connectivity index is 1.70. The highest BCUT2D eigenvalue weighted by atomic mass is 32.1. The fourth-order valence-corrected chi connectivity index (χ4v) is 3.04. The second-order valence-corrected chi connectivity index (χ2v) is 6.67. The van der Waals surface area contributed by atoms with Crippen molar-refractivity contribution in [3.8, 4) is 0 Å². The first-order valence-electron chi connectivity index (χ1n) is 8.48. The molecule has 3 aromatic rings. The minimum Gasteiger partial charge on any atom is -0.476 e. The molecule has 1 aromatic heterocycles. The van der Waals surface area contributed by atoms with E-state index >= 15 is 0 Å². The van der Waals surface area contributed by atoms with Crippen LogP contribution < -0.4 is 5.73 Å². The summed E-state index contributed by atoms with van der Waals surface area (Å²) in [6.07, 6.45) is -0.630. The standard InChI is InChI=1S/C20H17N3O5S/c21-20-22-15(12-29-20)17(19(25)26)23-27-11-16(24)28-18(13-7-3-1-4-8-13)14-9-5-2-6-10-14/h1-10,12,18H,11H2,(H2,21,22)(H,25,26). The van der Waals surface area contributed by atoms with Crippen molar-refractivity contribution >= 4 is 34.1 Å². The molecule has 0 amide bonds. The number of oxime groups is 1. The van der Waals surface area contributed by atoms with Gasteiger partial charge in [-0.25, -0.2) is 14.6 Å². The maximum atomic E-state index is 12.3. The van der Waals surface area contributed by atoms with Gasteiger partial charge in [0.25, 0.3) is 0 Å². The number of aliphatic carboxylic acids is 1.